The minimum absolute atomic E-state index is 0.149. The van der Waals surface area contributed by atoms with E-state index in [0.717, 1.165) is 38.3 Å². The van der Waals surface area contributed by atoms with Crippen LogP contribution in [-0.2, 0) is 4.79 Å². The fraction of sp³-hybridized carbons (Fsp3) is 0.682. The molecule has 1 amide bonds. The number of likely N-dealkylation sites (N-methyl/N-ethyl adjacent to an activating group) is 1. The summed E-state index contributed by atoms with van der Waals surface area (Å²) < 4.78 is 0. The Morgan fingerprint density at radius 3 is 2.35 bits per heavy atom. The van der Waals surface area contributed by atoms with E-state index < -0.39 is 0 Å². The van der Waals surface area contributed by atoms with Crippen molar-refractivity contribution in [2.45, 2.75) is 40.0 Å². The second kappa shape index (κ2) is 8.43. The van der Waals surface area contributed by atoms with Gasteiger partial charge in [-0.15, -0.1) is 0 Å². The quantitative estimate of drug-likeness (QED) is 0.882. The van der Waals surface area contributed by atoms with Gasteiger partial charge >= 0.3 is 0 Å². The molecule has 1 heterocycles. The molecule has 1 saturated carbocycles. The van der Waals surface area contributed by atoms with Gasteiger partial charge < -0.3 is 15.1 Å². The van der Waals surface area contributed by atoms with Crippen LogP contribution in [0.1, 0.15) is 40.0 Å². The summed E-state index contributed by atoms with van der Waals surface area (Å²) in [5.41, 5.74) is 2.18. The van der Waals surface area contributed by atoms with Crippen molar-refractivity contribution in [2.75, 3.05) is 43.4 Å². The molecule has 26 heavy (non-hydrogen) atoms. The molecule has 1 saturated heterocycles. The predicted octanol–water partition coefficient (Wildman–Crippen LogP) is 4.09. The van der Waals surface area contributed by atoms with E-state index in [9.17, 15) is 4.79 Å². The number of benzene rings is 1. The molecule has 2 aliphatic rings. The molecule has 0 aromatic heterocycles. The first kappa shape index (κ1) is 19.2. The number of nitrogens with zero attached hydrogens (tertiary/aromatic N) is 2. The molecule has 0 spiro atoms. The van der Waals surface area contributed by atoms with Crippen LogP contribution in [-0.4, -0.2) is 44.0 Å². The Morgan fingerprint density at radius 2 is 1.73 bits per heavy atom. The van der Waals surface area contributed by atoms with Gasteiger partial charge in [0.1, 0.15) is 0 Å². The summed E-state index contributed by atoms with van der Waals surface area (Å²) in [6.45, 7) is 11.1. The Labute approximate surface area is 158 Å². The molecular weight excluding hydrogens is 322 g/mol. The highest BCUT2D eigenvalue weighted by atomic mass is 16.1. The second-order valence-electron chi connectivity index (χ2n) is 8.76. The van der Waals surface area contributed by atoms with Crippen LogP contribution in [0.4, 0.5) is 11.4 Å². The summed E-state index contributed by atoms with van der Waals surface area (Å²) in [6, 6.07) is 8.40. The second-order valence-corrected chi connectivity index (χ2v) is 8.76. The molecule has 1 aromatic carbocycles. The van der Waals surface area contributed by atoms with Crippen LogP contribution in [0, 0.1) is 23.7 Å². The van der Waals surface area contributed by atoms with Gasteiger partial charge in [-0.05, 0) is 61.9 Å². The van der Waals surface area contributed by atoms with Crippen molar-refractivity contribution >= 4 is 17.3 Å². The molecule has 1 aromatic rings. The summed E-state index contributed by atoms with van der Waals surface area (Å²) in [5.74, 6) is 2.09. The monoisotopic (exact) mass is 357 g/mol. The Kier molecular flexibility index (Phi) is 6.23. The van der Waals surface area contributed by atoms with Crippen molar-refractivity contribution in [2.24, 2.45) is 23.7 Å². The largest absolute Gasteiger partial charge is 0.369 e. The Balaban J connectivity index is 1.61. The van der Waals surface area contributed by atoms with Gasteiger partial charge in [0.05, 0.1) is 0 Å². The highest BCUT2D eigenvalue weighted by Gasteiger charge is 2.35. The van der Waals surface area contributed by atoms with Crippen LogP contribution in [0.3, 0.4) is 0 Å². The van der Waals surface area contributed by atoms with E-state index in [1.165, 1.54) is 18.5 Å². The lowest BCUT2D eigenvalue weighted by atomic mass is 9.70. The van der Waals surface area contributed by atoms with Gasteiger partial charge in [0, 0.05) is 43.5 Å². The zero-order chi connectivity index (χ0) is 18.7. The van der Waals surface area contributed by atoms with Crippen LogP contribution in [0.2, 0.25) is 0 Å². The minimum Gasteiger partial charge on any atom is -0.369 e. The summed E-state index contributed by atoms with van der Waals surface area (Å²) in [4.78, 5) is 17.7. The molecular formula is C22H35N3O. The normalized spacial score (nSPS) is 27.6. The Morgan fingerprint density at radius 1 is 1.08 bits per heavy atom. The van der Waals surface area contributed by atoms with Gasteiger partial charge in [0.25, 0.3) is 0 Å². The molecule has 0 bridgehead atoms. The van der Waals surface area contributed by atoms with Crippen LogP contribution < -0.4 is 10.2 Å². The van der Waals surface area contributed by atoms with Crippen molar-refractivity contribution in [3.05, 3.63) is 24.3 Å². The van der Waals surface area contributed by atoms with Crippen molar-refractivity contribution < 1.29 is 4.79 Å². The molecule has 1 aliphatic carbocycles. The highest BCUT2D eigenvalue weighted by molar-refractivity contribution is 5.93. The first-order valence-corrected chi connectivity index (χ1v) is 10.3. The number of hydrogen-bond donors (Lipinski definition) is 1. The number of rotatable bonds is 4. The van der Waals surface area contributed by atoms with Gasteiger partial charge in [-0.3, -0.25) is 4.79 Å². The third-order valence-electron chi connectivity index (χ3n) is 6.36. The van der Waals surface area contributed by atoms with E-state index in [1.807, 2.05) is 0 Å². The maximum absolute atomic E-state index is 12.9. The molecule has 3 rings (SSSR count). The van der Waals surface area contributed by atoms with E-state index in [4.69, 9.17) is 0 Å². The molecule has 1 N–H and O–H groups in total. The third kappa shape index (κ3) is 4.59. The molecule has 144 valence electrons. The average Bonchev–Trinajstić information content (AvgIpc) is 2.62. The number of anilines is 2. The van der Waals surface area contributed by atoms with Gasteiger partial charge in [-0.25, -0.2) is 0 Å². The fourth-order valence-electron chi connectivity index (χ4n) is 4.56. The number of carbonyl (C=O) groups excluding carboxylic acids is 1. The summed E-state index contributed by atoms with van der Waals surface area (Å²) in [5, 5.41) is 3.19. The molecule has 2 fully saturated rings. The van der Waals surface area contributed by atoms with Crippen LogP contribution in [0.5, 0.6) is 0 Å². The van der Waals surface area contributed by atoms with E-state index in [1.54, 1.807) is 0 Å². The Bertz CT molecular complexity index is 590. The summed E-state index contributed by atoms with van der Waals surface area (Å²) in [6.07, 6.45) is 3.46. The maximum atomic E-state index is 12.9. The van der Waals surface area contributed by atoms with E-state index >= 15 is 0 Å². The average molecular weight is 358 g/mol. The number of nitrogens with one attached hydrogen (secondary N) is 1. The molecule has 4 nitrogen and oxygen atoms in total. The lowest BCUT2D eigenvalue weighted by Crippen LogP contribution is -2.44. The fourth-order valence-corrected chi connectivity index (χ4v) is 4.56. The van der Waals surface area contributed by atoms with Gasteiger partial charge in [-0.2, -0.15) is 0 Å². The number of amides is 1. The number of hydrogen-bond acceptors (Lipinski definition) is 3. The number of piperazine rings is 1. The van der Waals surface area contributed by atoms with E-state index in [2.05, 4.69) is 67.2 Å². The lowest BCUT2D eigenvalue weighted by Gasteiger charge is -2.36. The first-order chi connectivity index (χ1) is 12.4. The highest BCUT2D eigenvalue weighted by Crippen LogP contribution is 2.38. The zero-order valence-corrected chi connectivity index (χ0v) is 16.9. The topological polar surface area (TPSA) is 35.6 Å². The van der Waals surface area contributed by atoms with Crippen LogP contribution in [0.25, 0.3) is 0 Å². The third-order valence-corrected chi connectivity index (χ3v) is 6.36. The maximum Gasteiger partial charge on any atom is 0.227 e. The first-order valence-electron chi connectivity index (χ1n) is 10.3. The molecule has 0 radical (unpaired) electrons. The van der Waals surface area contributed by atoms with Crippen molar-refractivity contribution in [1.29, 1.82) is 0 Å². The number of carbonyl (C=O) groups is 1. The van der Waals surface area contributed by atoms with Gasteiger partial charge in [0.2, 0.25) is 5.91 Å². The molecule has 1 aliphatic heterocycles. The molecule has 3 atom stereocenters. The van der Waals surface area contributed by atoms with Gasteiger partial charge in [0.15, 0.2) is 0 Å². The van der Waals surface area contributed by atoms with Crippen LogP contribution in [0.15, 0.2) is 24.3 Å². The summed E-state index contributed by atoms with van der Waals surface area (Å²) >= 11 is 0. The van der Waals surface area contributed by atoms with E-state index in [-0.39, 0.29) is 11.8 Å². The molecule has 0 unspecified atom stereocenters. The minimum atomic E-state index is 0.149. The smallest absolute Gasteiger partial charge is 0.227 e. The zero-order valence-electron chi connectivity index (χ0n) is 16.9. The predicted molar refractivity (Wildman–Crippen MR) is 110 cm³/mol. The van der Waals surface area contributed by atoms with Gasteiger partial charge in [-0.1, -0.05) is 27.2 Å². The SMILES string of the molecule is CC(C)[C@@H]1CC[C@@H](C)C[C@H]1C(=O)Nc1ccc(N2CCN(C)CC2)cc1. The van der Waals surface area contributed by atoms with Crippen molar-refractivity contribution in [3.63, 3.8) is 0 Å². The summed E-state index contributed by atoms with van der Waals surface area (Å²) in [7, 11) is 2.17. The van der Waals surface area contributed by atoms with Crippen molar-refractivity contribution in [1.82, 2.24) is 4.90 Å². The molecule has 4 heteroatoms. The lowest BCUT2D eigenvalue weighted by molar-refractivity contribution is -0.123. The van der Waals surface area contributed by atoms with Crippen molar-refractivity contribution in [3.8, 4) is 0 Å². The Hall–Kier alpha value is -1.55. The van der Waals surface area contributed by atoms with E-state index in [0.29, 0.717) is 17.8 Å². The standard InChI is InChI=1S/C22H35N3O/c1-16(2)20-10-5-17(3)15-21(20)22(26)23-18-6-8-19(9-7-18)25-13-11-24(4)12-14-25/h6-9,16-17,20-21H,5,10-15H2,1-4H3,(H,23,26)/t17-,20+,21-/m1/s1. The van der Waals surface area contributed by atoms with Crippen LogP contribution >= 0.6 is 0 Å².